The Balaban J connectivity index is 1.43. The molecule has 0 aliphatic heterocycles. The smallest absolute Gasteiger partial charge is 0.241 e. The number of hydrogen-bond donors (Lipinski definition) is 1. The molecule has 0 saturated heterocycles. The van der Waals surface area contributed by atoms with Gasteiger partial charge in [0.2, 0.25) is 5.88 Å². The number of nitrogens with one attached hydrogen (secondary N) is 1. The Morgan fingerprint density at radius 2 is 1.80 bits per heavy atom. The summed E-state index contributed by atoms with van der Waals surface area (Å²) in [5.74, 6) is 0.727. The first-order chi connectivity index (χ1) is 14.5. The van der Waals surface area contributed by atoms with E-state index in [4.69, 9.17) is 4.74 Å². The second kappa shape index (κ2) is 7.40. The van der Waals surface area contributed by atoms with Gasteiger partial charge in [-0.1, -0.05) is 6.07 Å². The monoisotopic (exact) mass is 404 g/mol. The zero-order chi connectivity index (χ0) is 20.8. The SMILES string of the molecule is Cc1cc(-c2cc(C)c3ncnn3c2)cc2[nH]nc(OC3CCC(N(C)C)CC3)c12. The largest absolute Gasteiger partial charge is 0.473 e. The van der Waals surface area contributed by atoms with Gasteiger partial charge in [-0.25, -0.2) is 9.50 Å². The molecule has 0 radical (unpaired) electrons. The van der Waals surface area contributed by atoms with Crippen molar-refractivity contribution in [3.63, 3.8) is 0 Å². The lowest BCUT2D eigenvalue weighted by Gasteiger charge is -2.32. The molecule has 3 aromatic heterocycles. The molecule has 156 valence electrons. The van der Waals surface area contributed by atoms with Gasteiger partial charge in [0.05, 0.1) is 10.9 Å². The van der Waals surface area contributed by atoms with Crippen LogP contribution in [0.2, 0.25) is 0 Å². The number of nitrogens with zero attached hydrogens (tertiary/aromatic N) is 5. The third kappa shape index (κ3) is 3.33. The maximum Gasteiger partial charge on any atom is 0.241 e. The fraction of sp³-hybridized carbons (Fsp3) is 0.435. The van der Waals surface area contributed by atoms with Crippen molar-refractivity contribution in [2.24, 2.45) is 0 Å². The van der Waals surface area contributed by atoms with E-state index in [0.29, 0.717) is 6.04 Å². The van der Waals surface area contributed by atoms with E-state index in [1.807, 2.05) is 10.7 Å². The van der Waals surface area contributed by atoms with Crippen molar-refractivity contribution in [2.75, 3.05) is 14.1 Å². The minimum Gasteiger partial charge on any atom is -0.473 e. The number of rotatable bonds is 4. The lowest BCUT2D eigenvalue weighted by Crippen LogP contribution is -2.35. The molecular formula is C23H28N6O. The number of aryl methyl sites for hydroxylation is 2. The minimum absolute atomic E-state index is 0.240. The lowest BCUT2D eigenvalue weighted by atomic mass is 9.92. The molecule has 1 aliphatic rings. The minimum atomic E-state index is 0.240. The Labute approximate surface area is 176 Å². The molecule has 0 bridgehead atoms. The third-order valence-electron chi connectivity index (χ3n) is 6.37. The molecule has 1 aromatic carbocycles. The Bertz CT molecular complexity index is 1200. The van der Waals surface area contributed by atoms with Gasteiger partial charge in [0, 0.05) is 17.8 Å². The zero-order valence-electron chi connectivity index (χ0n) is 18.0. The van der Waals surface area contributed by atoms with E-state index in [1.54, 1.807) is 6.33 Å². The standard InChI is InChI=1S/C23H28N6O/c1-14-9-16(17-10-15(2)22-24-13-25-29(22)12-17)11-20-21(14)23(27-26-20)30-19-7-5-18(6-8-19)28(3)4/h9-13,18-19H,5-8H2,1-4H3,(H,26,27). The number of aromatic amines is 1. The summed E-state index contributed by atoms with van der Waals surface area (Å²) in [6.45, 7) is 4.18. The Morgan fingerprint density at radius 3 is 2.57 bits per heavy atom. The number of fused-ring (bicyclic) bond motifs is 2. The summed E-state index contributed by atoms with van der Waals surface area (Å²) in [5.41, 5.74) is 6.38. The van der Waals surface area contributed by atoms with Gasteiger partial charge in [-0.2, -0.15) is 5.10 Å². The van der Waals surface area contributed by atoms with Crippen molar-refractivity contribution in [2.45, 2.75) is 51.7 Å². The van der Waals surface area contributed by atoms with E-state index in [0.717, 1.165) is 57.5 Å². The molecule has 0 spiro atoms. The lowest BCUT2D eigenvalue weighted by molar-refractivity contribution is 0.108. The Hall–Kier alpha value is -2.93. The van der Waals surface area contributed by atoms with Crippen molar-refractivity contribution in [3.8, 4) is 17.0 Å². The molecule has 3 heterocycles. The van der Waals surface area contributed by atoms with Crippen LogP contribution in [0.5, 0.6) is 5.88 Å². The molecule has 4 aromatic rings. The summed E-state index contributed by atoms with van der Waals surface area (Å²) in [5, 5.41) is 13.1. The number of H-pyrrole nitrogens is 1. The molecule has 0 amide bonds. The van der Waals surface area contributed by atoms with Crippen LogP contribution in [0.4, 0.5) is 0 Å². The van der Waals surface area contributed by atoms with E-state index in [-0.39, 0.29) is 6.10 Å². The summed E-state index contributed by atoms with van der Waals surface area (Å²) in [6, 6.07) is 7.16. The number of benzene rings is 1. The second-order valence-electron chi connectivity index (χ2n) is 8.70. The van der Waals surface area contributed by atoms with Gasteiger partial charge in [-0.05, 0) is 82.4 Å². The Kier molecular flexibility index (Phi) is 4.70. The fourth-order valence-corrected chi connectivity index (χ4v) is 4.67. The summed E-state index contributed by atoms with van der Waals surface area (Å²) in [4.78, 5) is 6.63. The molecule has 1 N–H and O–H groups in total. The molecule has 0 atom stereocenters. The zero-order valence-corrected chi connectivity index (χ0v) is 18.0. The first-order valence-electron chi connectivity index (χ1n) is 10.6. The van der Waals surface area contributed by atoms with E-state index in [2.05, 4.69) is 71.3 Å². The number of aromatic nitrogens is 5. The maximum atomic E-state index is 6.35. The molecule has 30 heavy (non-hydrogen) atoms. The van der Waals surface area contributed by atoms with Gasteiger partial charge in [-0.15, -0.1) is 5.10 Å². The quantitative estimate of drug-likeness (QED) is 0.553. The van der Waals surface area contributed by atoms with Gasteiger partial charge in [0.25, 0.3) is 0 Å². The van der Waals surface area contributed by atoms with Crippen LogP contribution in [0, 0.1) is 13.8 Å². The highest BCUT2D eigenvalue weighted by molar-refractivity contribution is 5.91. The third-order valence-corrected chi connectivity index (χ3v) is 6.37. The van der Waals surface area contributed by atoms with Crippen molar-refractivity contribution in [1.29, 1.82) is 0 Å². The van der Waals surface area contributed by atoms with E-state index < -0.39 is 0 Å². The molecule has 1 aliphatic carbocycles. The second-order valence-corrected chi connectivity index (χ2v) is 8.70. The molecule has 7 heteroatoms. The van der Waals surface area contributed by atoms with Gasteiger partial charge < -0.3 is 9.64 Å². The molecular weight excluding hydrogens is 376 g/mol. The summed E-state index contributed by atoms with van der Waals surface area (Å²) >= 11 is 0. The van der Waals surface area contributed by atoms with Crippen molar-refractivity contribution >= 4 is 16.6 Å². The number of ether oxygens (including phenoxy) is 1. The highest BCUT2D eigenvalue weighted by Crippen LogP contribution is 2.34. The molecule has 1 saturated carbocycles. The molecule has 5 rings (SSSR count). The van der Waals surface area contributed by atoms with E-state index in [9.17, 15) is 0 Å². The van der Waals surface area contributed by atoms with Crippen LogP contribution in [-0.2, 0) is 0 Å². The normalized spacial score (nSPS) is 19.8. The van der Waals surface area contributed by atoms with E-state index >= 15 is 0 Å². The van der Waals surface area contributed by atoms with Gasteiger partial charge in [0.15, 0.2) is 5.65 Å². The number of hydrogen-bond acceptors (Lipinski definition) is 5. The maximum absolute atomic E-state index is 6.35. The fourth-order valence-electron chi connectivity index (χ4n) is 4.67. The van der Waals surface area contributed by atoms with Crippen molar-refractivity contribution in [3.05, 3.63) is 41.9 Å². The van der Waals surface area contributed by atoms with Crippen LogP contribution >= 0.6 is 0 Å². The van der Waals surface area contributed by atoms with Gasteiger partial charge >= 0.3 is 0 Å². The number of pyridine rings is 1. The van der Waals surface area contributed by atoms with Gasteiger partial charge in [-0.3, -0.25) is 5.10 Å². The molecule has 7 nitrogen and oxygen atoms in total. The summed E-state index contributed by atoms with van der Waals surface area (Å²) in [7, 11) is 4.33. The van der Waals surface area contributed by atoms with Crippen LogP contribution in [-0.4, -0.2) is 55.9 Å². The Morgan fingerprint density at radius 1 is 1.03 bits per heavy atom. The molecule has 1 fully saturated rings. The predicted molar refractivity (Wildman–Crippen MR) is 118 cm³/mol. The first kappa shape index (κ1) is 19.1. The average molecular weight is 405 g/mol. The average Bonchev–Trinajstić information content (AvgIpc) is 3.36. The topological polar surface area (TPSA) is 71.3 Å². The van der Waals surface area contributed by atoms with Crippen LogP contribution < -0.4 is 4.74 Å². The van der Waals surface area contributed by atoms with Crippen LogP contribution in [0.3, 0.4) is 0 Å². The highest BCUT2D eigenvalue weighted by Gasteiger charge is 2.25. The first-order valence-corrected chi connectivity index (χ1v) is 10.6. The predicted octanol–water partition coefficient (Wildman–Crippen LogP) is 4.14. The molecule has 0 unspecified atom stereocenters. The summed E-state index contributed by atoms with van der Waals surface area (Å²) in [6.07, 6.45) is 8.35. The van der Waals surface area contributed by atoms with E-state index in [1.165, 1.54) is 12.8 Å². The van der Waals surface area contributed by atoms with Crippen LogP contribution in [0.25, 0.3) is 27.7 Å². The summed E-state index contributed by atoms with van der Waals surface area (Å²) < 4.78 is 8.18. The van der Waals surface area contributed by atoms with Crippen LogP contribution in [0.1, 0.15) is 36.8 Å². The van der Waals surface area contributed by atoms with Crippen molar-refractivity contribution < 1.29 is 4.74 Å². The van der Waals surface area contributed by atoms with Gasteiger partial charge in [0.1, 0.15) is 12.4 Å². The van der Waals surface area contributed by atoms with Crippen LogP contribution in [0.15, 0.2) is 30.7 Å². The highest BCUT2D eigenvalue weighted by atomic mass is 16.5. The van der Waals surface area contributed by atoms with Crippen molar-refractivity contribution in [1.82, 2.24) is 29.7 Å².